The molecule has 4 rings (SSSR count). The zero-order valence-corrected chi connectivity index (χ0v) is 17.7. The largest absolute Gasteiger partial charge is 0.462 e. The highest BCUT2D eigenvalue weighted by molar-refractivity contribution is 5.78. The quantitative estimate of drug-likeness (QED) is 0.525. The Hall–Kier alpha value is -1.58. The predicted octanol–water partition coefficient (Wildman–Crippen LogP) is 4.65. The number of esters is 1. The average Bonchev–Trinajstić information content (AvgIpc) is 2.64. The Morgan fingerprint density at radius 2 is 2.07 bits per heavy atom. The first kappa shape index (κ1) is 19.7. The van der Waals surface area contributed by atoms with Crippen LogP contribution >= 0.6 is 0 Å². The van der Waals surface area contributed by atoms with Gasteiger partial charge in [-0.25, -0.2) is 0 Å². The first-order valence-electron chi connectivity index (χ1n) is 11.1. The molecule has 0 spiro atoms. The van der Waals surface area contributed by atoms with Crippen LogP contribution in [0.4, 0.5) is 0 Å². The van der Waals surface area contributed by atoms with Crippen molar-refractivity contribution in [1.82, 2.24) is 4.90 Å². The van der Waals surface area contributed by atoms with E-state index in [9.17, 15) is 9.59 Å². The summed E-state index contributed by atoms with van der Waals surface area (Å²) in [5, 5.41) is 0. The minimum Gasteiger partial charge on any atom is -0.462 e. The Balaban J connectivity index is 1.60. The van der Waals surface area contributed by atoms with Gasteiger partial charge in [-0.1, -0.05) is 24.6 Å². The van der Waals surface area contributed by atoms with Gasteiger partial charge in [-0.3, -0.25) is 9.59 Å². The molecule has 1 aliphatic heterocycles. The topological polar surface area (TPSA) is 46.6 Å². The predicted molar refractivity (Wildman–Crippen MR) is 109 cm³/mol. The molecule has 3 aliphatic carbocycles. The lowest BCUT2D eigenvalue weighted by atomic mass is 9.48. The highest BCUT2D eigenvalue weighted by atomic mass is 16.5. The molecule has 0 radical (unpaired) electrons. The second-order valence-corrected chi connectivity index (χ2v) is 9.96. The molecule has 4 nitrogen and oxygen atoms in total. The average molecular weight is 386 g/mol. The number of hydrogen-bond donors (Lipinski definition) is 0. The third-order valence-corrected chi connectivity index (χ3v) is 8.65. The first-order chi connectivity index (χ1) is 13.3. The molecule has 3 fully saturated rings. The summed E-state index contributed by atoms with van der Waals surface area (Å²) in [6, 6.07) is 0. The van der Waals surface area contributed by atoms with Crippen LogP contribution in [0, 0.1) is 23.2 Å². The Kier molecular flexibility index (Phi) is 4.96. The van der Waals surface area contributed by atoms with Crippen molar-refractivity contribution in [2.24, 2.45) is 23.2 Å². The number of fused-ring (bicyclic) bond motifs is 5. The summed E-state index contributed by atoms with van der Waals surface area (Å²) in [4.78, 5) is 26.2. The number of allylic oxidation sites excluding steroid dienone is 1. The third-order valence-electron chi connectivity index (χ3n) is 8.65. The van der Waals surface area contributed by atoms with Gasteiger partial charge in [0.25, 0.3) is 0 Å². The van der Waals surface area contributed by atoms with Crippen LogP contribution in [0.15, 0.2) is 24.3 Å². The summed E-state index contributed by atoms with van der Waals surface area (Å²) < 4.78 is 5.54. The Bertz CT molecular complexity index is 713. The highest BCUT2D eigenvalue weighted by Gasteiger charge is 2.58. The fourth-order valence-electron chi connectivity index (χ4n) is 7.26. The monoisotopic (exact) mass is 385 g/mol. The fraction of sp³-hybridized carbons (Fsp3) is 0.750. The van der Waals surface area contributed by atoms with Crippen LogP contribution < -0.4 is 0 Å². The van der Waals surface area contributed by atoms with E-state index in [1.807, 2.05) is 6.08 Å². The number of carbonyl (C=O) groups excluding carboxylic acids is 2. The molecule has 0 aromatic rings. The molecule has 0 aromatic carbocycles. The lowest BCUT2D eigenvalue weighted by Crippen LogP contribution is -2.64. The van der Waals surface area contributed by atoms with E-state index in [2.05, 4.69) is 31.4 Å². The molecule has 4 aliphatic rings. The number of amides is 1. The molecule has 28 heavy (non-hydrogen) atoms. The zero-order chi connectivity index (χ0) is 20.1. The smallest absolute Gasteiger partial charge is 0.302 e. The standard InChI is InChI=1S/C24H35NO3/c1-5-14-25-22(27)9-8-21-19-7-6-17-15-18(28-16(2)26)10-12-23(17,3)20(19)11-13-24(21,25)4/h5-6,18-21H,1,7-15H2,2-4H3/t18-,19+,20-,21-,23-,24-/m0/s1. The van der Waals surface area contributed by atoms with Gasteiger partial charge >= 0.3 is 5.97 Å². The SMILES string of the molecule is C=CCN1C(=O)CC[C@H]2[C@@H]3CC=C4C[C@@H](OC(C)=O)CC[C@]4(C)[C@H]3CC[C@@]21C. The van der Waals surface area contributed by atoms with Gasteiger partial charge < -0.3 is 9.64 Å². The number of carbonyl (C=O) groups is 2. The van der Waals surface area contributed by atoms with Gasteiger partial charge in [-0.05, 0) is 68.6 Å². The van der Waals surface area contributed by atoms with Gasteiger partial charge in [0.05, 0.1) is 0 Å². The van der Waals surface area contributed by atoms with E-state index in [0.717, 1.165) is 38.5 Å². The molecular weight excluding hydrogens is 350 g/mol. The van der Waals surface area contributed by atoms with Crippen LogP contribution in [0.5, 0.6) is 0 Å². The molecule has 0 bridgehead atoms. The minimum absolute atomic E-state index is 0.0265. The van der Waals surface area contributed by atoms with Gasteiger partial charge in [-0.2, -0.15) is 0 Å². The molecule has 6 atom stereocenters. The summed E-state index contributed by atoms with van der Waals surface area (Å²) in [6.45, 7) is 10.9. The maximum Gasteiger partial charge on any atom is 0.302 e. The molecule has 2 saturated carbocycles. The summed E-state index contributed by atoms with van der Waals surface area (Å²) in [7, 11) is 0. The molecule has 0 aromatic heterocycles. The summed E-state index contributed by atoms with van der Waals surface area (Å²) in [5.41, 5.74) is 1.72. The molecule has 1 saturated heterocycles. The van der Waals surface area contributed by atoms with E-state index >= 15 is 0 Å². The normalized spacial score (nSPS) is 42.6. The lowest BCUT2D eigenvalue weighted by molar-refractivity contribution is -0.157. The third kappa shape index (κ3) is 2.95. The van der Waals surface area contributed by atoms with E-state index < -0.39 is 0 Å². The lowest BCUT2D eigenvalue weighted by Gasteiger charge is -2.62. The van der Waals surface area contributed by atoms with Gasteiger partial charge in [-0.15, -0.1) is 6.58 Å². The van der Waals surface area contributed by atoms with E-state index in [0.29, 0.717) is 36.6 Å². The Morgan fingerprint density at radius 1 is 1.29 bits per heavy atom. The number of likely N-dealkylation sites (tertiary alicyclic amines) is 1. The van der Waals surface area contributed by atoms with Crippen molar-refractivity contribution in [3.05, 3.63) is 24.3 Å². The van der Waals surface area contributed by atoms with Gasteiger partial charge in [0.15, 0.2) is 0 Å². The van der Waals surface area contributed by atoms with Crippen LogP contribution in [0.2, 0.25) is 0 Å². The van der Waals surface area contributed by atoms with Crippen molar-refractivity contribution < 1.29 is 14.3 Å². The van der Waals surface area contributed by atoms with Crippen molar-refractivity contribution in [3.8, 4) is 0 Å². The molecule has 4 heteroatoms. The molecule has 0 unspecified atom stereocenters. The van der Waals surface area contributed by atoms with Crippen molar-refractivity contribution in [3.63, 3.8) is 0 Å². The van der Waals surface area contributed by atoms with Crippen LogP contribution in [0.25, 0.3) is 0 Å². The Morgan fingerprint density at radius 3 is 2.79 bits per heavy atom. The number of piperidine rings is 1. The van der Waals surface area contributed by atoms with E-state index in [1.54, 1.807) is 0 Å². The van der Waals surface area contributed by atoms with E-state index in [1.165, 1.54) is 18.9 Å². The van der Waals surface area contributed by atoms with Gasteiger partial charge in [0, 0.05) is 31.8 Å². The maximum atomic E-state index is 12.6. The molecule has 154 valence electrons. The van der Waals surface area contributed by atoms with Crippen molar-refractivity contribution >= 4 is 11.9 Å². The van der Waals surface area contributed by atoms with E-state index in [4.69, 9.17) is 4.74 Å². The Labute approximate surface area is 169 Å². The van der Waals surface area contributed by atoms with Crippen LogP contribution in [-0.2, 0) is 14.3 Å². The first-order valence-corrected chi connectivity index (χ1v) is 11.1. The molecule has 1 heterocycles. The number of rotatable bonds is 3. The van der Waals surface area contributed by atoms with Gasteiger partial charge in [0.1, 0.15) is 6.10 Å². The molecular formula is C24H35NO3. The number of hydrogen-bond acceptors (Lipinski definition) is 3. The van der Waals surface area contributed by atoms with Crippen molar-refractivity contribution in [2.45, 2.75) is 83.8 Å². The van der Waals surface area contributed by atoms with Crippen LogP contribution in [0.1, 0.15) is 72.1 Å². The summed E-state index contributed by atoms with van der Waals surface area (Å²) >= 11 is 0. The van der Waals surface area contributed by atoms with Gasteiger partial charge in [0.2, 0.25) is 5.91 Å². The second-order valence-electron chi connectivity index (χ2n) is 9.96. The van der Waals surface area contributed by atoms with Crippen molar-refractivity contribution in [1.29, 1.82) is 0 Å². The number of nitrogens with zero attached hydrogens (tertiary/aromatic N) is 1. The van der Waals surface area contributed by atoms with Crippen LogP contribution in [0.3, 0.4) is 0 Å². The number of ether oxygens (including phenoxy) is 1. The second kappa shape index (κ2) is 7.03. The molecule has 1 amide bonds. The highest BCUT2D eigenvalue weighted by Crippen LogP contribution is 2.61. The zero-order valence-electron chi connectivity index (χ0n) is 17.7. The maximum absolute atomic E-state index is 12.6. The van der Waals surface area contributed by atoms with Crippen LogP contribution in [-0.4, -0.2) is 35.0 Å². The fourth-order valence-corrected chi connectivity index (χ4v) is 7.26. The summed E-state index contributed by atoms with van der Waals surface area (Å²) in [6.07, 6.45) is 12.5. The minimum atomic E-state index is -0.162. The molecule has 0 N–H and O–H groups in total. The summed E-state index contributed by atoms with van der Waals surface area (Å²) in [5.74, 6) is 2.05. The van der Waals surface area contributed by atoms with Crippen molar-refractivity contribution in [2.75, 3.05) is 6.54 Å². The van der Waals surface area contributed by atoms with E-state index in [-0.39, 0.29) is 23.0 Å².